The van der Waals surface area contributed by atoms with Gasteiger partial charge < -0.3 is 14.5 Å². The lowest BCUT2D eigenvalue weighted by Crippen LogP contribution is -2.52. The van der Waals surface area contributed by atoms with E-state index in [1.54, 1.807) is 18.3 Å². The molecule has 3 aromatic rings. The number of pyridine rings is 1. The molecule has 2 aliphatic rings. The van der Waals surface area contributed by atoms with Crippen molar-refractivity contribution >= 4 is 12.1 Å². The Morgan fingerprint density at radius 3 is 2.45 bits per heavy atom. The van der Waals surface area contributed by atoms with E-state index in [4.69, 9.17) is 4.74 Å². The number of urea groups is 1. The second kappa shape index (κ2) is 12.3. The average Bonchev–Trinajstić information content (AvgIpc) is 3.00. The number of aromatic nitrogens is 1. The number of nitrogens with zero attached hydrogens (tertiary/aromatic N) is 3. The fourth-order valence-electron chi connectivity index (χ4n) is 5.44. The van der Waals surface area contributed by atoms with Gasteiger partial charge in [0.2, 0.25) is 0 Å². The number of morpholine rings is 1. The number of halogens is 3. The van der Waals surface area contributed by atoms with Crippen LogP contribution >= 0.6 is 0 Å². The van der Waals surface area contributed by atoms with Crippen molar-refractivity contribution in [3.8, 4) is 11.1 Å². The Morgan fingerprint density at radius 2 is 1.77 bits per heavy atom. The smallest absolute Gasteiger partial charge is 0.378 e. The van der Waals surface area contributed by atoms with Gasteiger partial charge in [0.25, 0.3) is 0 Å². The summed E-state index contributed by atoms with van der Waals surface area (Å²) in [5.74, 6) is 0.357. The number of amides is 2. The van der Waals surface area contributed by atoms with Gasteiger partial charge >= 0.3 is 12.2 Å². The summed E-state index contributed by atoms with van der Waals surface area (Å²) in [6.07, 6.45) is 3.16. The molecule has 3 heterocycles. The second-order valence-corrected chi connectivity index (χ2v) is 10.5. The van der Waals surface area contributed by atoms with E-state index in [1.165, 1.54) is 17.2 Å². The molecule has 0 bridgehead atoms. The predicted molar refractivity (Wildman–Crippen MR) is 150 cm³/mol. The maximum Gasteiger partial charge on any atom is 0.416 e. The zero-order valence-corrected chi connectivity index (χ0v) is 22.6. The summed E-state index contributed by atoms with van der Waals surface area (Å²) in [6.45, 7) is 5.77. The number of aryl methyl sites for hydroxylation is 1. The largest absolute Gasteiger partial charge is 0.416 e. The van der Waals surface area contributed by atoms with Gasteiger partial charge in [0.1, 0.15) is 0 Å². The highest BCUT2D eigenvalue weighted by molar-refractivity contribution is 5.75. The Kier molecular flexibility index (Phi) is 8.54. The van der Waals surface area contributed by atoms with E-state index in [0.29, 0.717) is 50.5 Å². The van der Waals surface area contributed by atoms with Gasteiger partial charge in [-0.25, -0.2) is 4.79 Å². The second-order valence-electron chi connectivity index (χ2n) is 10.5. The zero-order chi connectivity index (χ0) is 28.1. The first-order valence-electron chi connectivity index (χ1n) is 13.8. The quantitative estimate of drug-likeness (QED) is 0.348. The van der Waals surface area contributed by atoms with Crippen LogP contribution in [0.1, 0.15) is 41.6 Å². The normalized spacial score (nSPS) is 20.2. The molecule has 1 aromatic heterocycles. The summed E-state index contributed by atoms with van der Waals surface area (Å²) >= 11 is 0. The summed E-state index contributed by atoms with van der Waals surface area (Å²) in [6, 6.07) is 17.6. The van der Waals surface area contributed by atoms with Crippen LogP contribution < -0.4 is 0 Å². The van der Waals surface area contributed by atoms with Gasteiger partial charge in [-0.1, -0.05) is 55.5 Å². The molecule has 8 heteroatoms. The number of rotatable bonds is 5. The molecule has 2 aromatic carbocycles. The molecule has 0 aliphatic carbocycles. The third-order valence-electron chi connectivity index (χ3n) is 7.74. The van der Waals surface area contributed by atoms with Gasteiger partial charge in [-0.05, 0) is 59.7 Å². The number of alkyl halides is 3. The van der Waals surface area contributed by atoms with Crippen molar-refractivity contribution in [1.29, 1.82) is 0 Å². The Balaban J connectivity index is 1.32. The van der Waals surface area contributed by atoms with Crippen molar-refractivity contribution < 1.29 is 22.7 Å². The van der Waals surface area contributed by atoms with E-state index in [-0.39, 0.29) is 17.9 Å². The first-order valence-corrected chi connectivity index (χ1v) is 13.8. The van der Waals surface area contributed by atoms with Crippen LogP contribution in [0.15, 0.2) is 72.9 Å². The Bertz CT molecular complexity index is 1320. The highest BCUT2D eigenvalue weighted by atomic mass is 19.4. The maximum absolute atomic E-state index is 13.4. The molecule has 2 saturated heterocycles. The lowest BCUT2D eigenvalue weighted by molar-refractivity contribution is -0.137. The van der Waals surface area contributed by atoms with Crippen LogP contribution in [0.25, 0.3) is 17.2 Å². The topological polar surface area (TPSA) is 45.7 Å². The van der Waals surface area contributed by atoms with Gasteiger partial charge in [-0.2, -0.15) is 13.2 Å². The molecule has 2 atom stereocenters. The minimum absolute atomic E-state index is 0.0557. The number of ether oxygens (including phenoxy) is 1. The first-order chi connectivity index (χ1) is 19.3. The van der Waals surface area contributed by atoms with Crippen molar-refractivity contribution in [2.75, 3.05) is 39.4 Å². The lowest BCUT2D eigenvalue weighted by Gasteiger charge is -2.40. The Labute approximate surface area is 233 Å². The molecule has 0 spiro atoms. The molecule has 2 fully saturated rings. The monoisotopic (exact) mass is 549 g/mol. The number of hydrogen-bond acceptors (Lipinski definition) is 3. The number of piperidine rings is 1. The molecular weight excluding hydrogens is 515 g/mol. The van der Waals surface area contributed by atoms with Crippen LogP contribution in [0.5, 0.6) is 0 Å². The Morgan fingerprint density at radius 1 is 1.00 bits per heavy atom. The van der Waals surface area contributed by atoms with E-state index in [1.807, 2.05) is 21.9 Å². The summed E-state index contributed by atoms with van der Waals surface area (Å²) in [5, 5.41) is 0. The van der Waals surface area contributed by atoms with Crippen molar-refractivity contribution in [3.05, 3.63) is 95.3 Å². The van der Waals surface area contributed by atoms with Crippen molar-refractivity contribution in [1.82, 2.24) is 14.8 Å². The lowest BCUT2D eigenvalue weighted by atomic mass is 9.84. The zero-order valence-electron chi connectivity index (χ0n) is 22.6. The van der Waals surface area contributed by atoms with Gasteiger partial charge in [-0.15, -0.1) is 0 Å². The van der Waals surface area contributed by atoms with E-state index in [0.717, 1.165) is 30.7 Å². The fraction of sp³-hybridized carbons (Fsp3) is 0.375. The molecule has 40 heavy (non-hydrogen) atoms. The van der Waals surface area contributed by atoms with Gasteiger partial charge in [0, 0.05) is 43.9 Å². The SMILES string of the molecule is CCc1ccc(C2CC(C=Cc3ccc(-c4cccc(C(F)(F)F)c4)cn3)CN(C(=O)N3CCOCC3)C2)cc1. The Hall–Kier alpha value is -3.65. The van der Waals surface area contributed by atoms with Crippen molar-refractivity contribution in [3.63, 3.8) is 0 Å². The minimum Gasteiger partial charge on any atom is -0.378 e. The molecule has 210 valence electrons. The van der Waals surface area contributed by atoms with Crippen LogP contribution in [0.3, 0.4) is 0 Å². The first kappa shape index (κ1) is 27.9. The van der Waals surface area contributed by atoms with Gasteiger partial charge in [0.15, 0.2) is 0 Å². The molecule has 0 N–H and O–H groups in total. The van der Waals surface area contributed by atoms with Crippen LogP contribution in [0, 0.1) is 5.92 Å². The van der Waals surface area contributed by atoms with Crippen LogP contribution in [-0.2, 0) is 17.3 Å². The molecule has 2 unspecified atom stereocenters. The number of benzene rings is 2. The summed E-state index contributed by atoms with van der Waals surface area (Å²) in [5.41, 5.74) is 3.66. The summed E-state index contributed by atoms with van der Waals surface area (Å²) < 4.78 is 44.8. The van der Waals surface area contributed by atoms with E-state index < -0.39 is 11.7 Å². The molecular formula is C32H34F3N3O2. The van der Waals surface area contributed by atoms with Crippen molar-refractivity contribution in [2.45, 2.75) is 31.9 Å². The number of likely N-dealkylation sites (tertiary alicyclic amines) is 1. The van der Waals surface area contributed by atoms with Gasteiger partial charge in [0.05, 0.1) is 24.5 Å². The number of hydrogen-bond donors (Lipinski definition) is 0. The predicted octanol–water partition coefficient (Wildman–Crippen LogP) is 6.90. The minimum atomic E-state index is -4.39. The molecule has 0 saturated carbocycles. The third kappa shape index (κ3) is 6.73. The highest BCUT2D eigenvalue weighted by Crippen LogP contribution is 2.34. The standard InChI is InChI=1S/C32H34F3N3O2/c1-2-23-6-9-25(10-7-23)28-18-24(21-38(22-28)31(39)37-14-16-40-17-15-37)8-12-30-13-11-27(20-36-30)26-4-3-5-29(19-26)32(33,34)35/h3-13,19-20,24,28H,2,14-18,21-22H2,1H3. The molecule has 5 rings (SSSR count). The molecule has 2 aliphatic heterocycles. The van der Waals surface area contributed by atoms with Crippen LogP contribution in [0.2, 0.25) is 0 Å². The summed E-state index contributed by atoms with van der Waals surface area (Å²) in [4.78, 5) is 21.7. The number of carbonyl (C=O) groups is 1. The number of carbonyl (C=O) groups excluding carboxylic acids is 1. The fourth-order valence-corrected chi connectivity index (χ4v) is 5.44. The molecule has 5 nitrogen and oxygen atoms in total. The maximum atomic E-state index is 13.4. The van der Waals surface area contributed by atoms with E-state index in [2.05, 4.69) is 42.2 Å². The van der Waals surface area contributed by atoms with E-state index >= 15 is 0 Å². The van der Waals surface area contributed by atoms with Crippen LogP contribution in [-0.4, -0.2) is 60.2 Å². The van der Waals surface area contributed by atoms with Crippen molar-refractivity contribution in [2.24, 2.45) is 5.92 Å². The van der Waals surface area contributed by atoms with Crippen LogP contribution in [0.4, 0.5) is 18.0 Å². The molecule has 2 amide bonds. The molecule has 0 radical (unpaired) electrons. The average molecular weight is 550 g/mol. The van der Waals surface area contributed by atoms with Gasteiger partial charge in [-0.3, -0.25) is 4.98 Å². The van der Waals surface area contributed by atoms with E-state index in [9.17, 15) is 18.0 Å². The summed E-state index contributed by atoms with van der Waals surface area (Å²) in [7, 11) is 0. The third-order valence-corrected chi connectivity index (χ3v) is 7.74. The highest BCUT2D eigenvalue weighted by Gasteiger charge is 2.33.